The molecule has 0 radical (unpaired) electrons. The standard InChI is InChI=1S/C22H27N3O4S/c1-4-5-14-30(28,29)24-16(3)21(26)23-25-20-13-9-8-12-19(20)18-11-7-6-10-17(18)15(2)22(25)27/h6-13,15-16,24H,4-5,14H2,1-3H3,(H,23,26)/t15?,16-/m0/s1. The fourth-order valence-electron chi connectivity index (χ4n) is 3.50. The Morgan fingerprint density at radius 3 is 2.43 bits per heavy atom. The van der Waals surface area contributed by atoms with E-state index in [0.717, 1.165) is 23.1 Å². The number of rotatable bonds is 7. The van der Waals surface area contributed by atoms with E-state index in [1.807, 2.05) is 43.3 Å². The first-order valence-corrected chi connectivity index (χ1v) is 11.7. The van der Waals surface area contributed by atoms with Gasteiger partial charge in [0.2, 0.25) is 10.0 Å². The number of amides is 2. The quantitative estimate of drug-likeness (QED) is 0.707. The topological polar surface area (TPSA) is 95.6 Å². The Hall–Kier alpha value is -2.71. The number of nitrogens with zero attached hydrogens (tertiary/aromatic N) is 1. The largest absolute Gasteiger partial charge is 0.272 e. The first-order chi connectivity index (χ1) is 14.2. The molecule has 2 aromatic carbocycles. The highest BCUT2D eigenvalue weighted by Gasteiger charge is 2.33. The number of benzene rings is 2. The molecule has 1 aliphatic rings. The van der Waals surface area contributed by atoms with Gasteiger partial charge >= 0.3 is 0 Å². The van der Waals surface area contributed by atoms with Crippen LogP contribution < -0.4 is 15.2 Å². The summed E-state index contributed by atoms with van der Waals surface area (Å²) in [6, 6.07) is 14.0. The summed E-state index contributed by atoms with van der Waals surface area (Å²) in [6.45, 7) is 5.15. The van der Waals surface area contributed by atoms with Crippen LogP contribution in [0.15, 0.2) is 48.5 Å². The number of unbranched alkanes of at least 4 members (excludes halogenated alkanes) is 1. The van der Waals surface area contributed by atoms with Gasteiger partial charge in [-0.2, -0.15) is 0 Å². The number of anilines is 1. The highest BCUT2D eigenvalue weighted by atomic mass is 32.2. The van der Waals surface area contributed by atoms with E-state index >= 15 is 0 Å². The zero-order valence-corrected chi connectivity index (χ0v) is 18.2. The van der Waals surface area contributed by atoms with Crippen molar-refractivity contribution in [1.82, 2.24) is 10.1 Å². The van der Waals surface area contributed by atoms with Gasteiger partial charge in [-0.1, -0.05) is 55.8 Å². The maximum absolute atomic E-state index is 13.2. The molecule has 0 spiro atoms. The molecule has 1 aliphatic heterocycles. The Morgan fingerprint density at radius 2 is 1.73 bits per heavy atom. The zero-order valence-electron chi connectivity index (χ0n) is 17.4. The van der Waals surface area contributed by atoms with Crippen molar-refractivity contribution in [2.75, 3.05) is 10.8 Å². The third-order valence-corrected chi connectivity index (χ3v) is 6.73. The number of carbonyl (C=O) groups excluding carboxylic acids is 2. The fourth-order valence-corrected chi connectivity index (χ4v) is 4.93. The summed E-state index contributed by atoms with van der Waals surface area (Å²) >= 11 is 0. The van der Waals surface area contributed by atoms with Crippen molar-refractivity contribution in [3.8, 4) is 11.1 Å². The molecular weight excluding hydrogens is 402 g/mol. The molecule has 2 amide bonds. The summed E-state index contributed by atoms with van der Waals surface area (Å²) in [4.78, 5) is 26.0. The minimum Gasteiger partial charge on any atom is -0.272 e. The number of hydrogen-bond donors (Lipinski definition) is 2. The molecule has 0 saturated heterocycles. The van der Waals surface area contributed by atoms with Crippen LogP contribution in [0, 0.1) is 0 Å². The molecule has 160 valence electrons. The SMILES string of the molecule is CCCCS(=O)(=O)N[C@@H](C)C(=O)NN1C(=O)C(C)c2ccccc2-c2ccccc21. The molecule has 2 aromatic rings. The molecular formula is C22H27N3O4S. The van der Waals surface area contributed by atoms with E-state index in [-0.39, 0.29) is 11.7 Å². The third kappa shape index (κ3) is 4.55. The van der Waals surface area contributed by atoms with E-state index in [4.69, 9.17) is 0 Å². The minimum absolute atomic E-state index is 0.0427. The average molecular weight is 430 g/mol. The molecule has 0 fully saturated rings. The molecule has 0 bridgehead atoms. The molecule has 30 heavy (non-hydrogen) atoms. The first kappa shape index (κ1) is 22.0. The predicted molar refractivity (Wildman–Crippen MR) is 117 cm³/mol. The van der Waals surface area contributed by atoms with E-state index in [0.29, 0.717) is 12.1 Å². The molecule has 0 saturated carbocycles. The number of hydrogen-bond acceptors (Lipinski definition) is 4. The lowest BCUT2D eigenvalue weighted by Crippen LogP contribution is -2.54. The normalized spacial score (nSPS) is 17.0. The second-order valence-electron chi connectivity index (χ2n) is 7.49. The summed E-state index contributed by atoms with van der Waals surface area (Å²) in [5, 5.41) is 1.24. The number of nitrogens with one attached hydrogen (secondary N) is 2. The van der Waals surface area contributed by atoms with Crippen LogP contribution in [-0.2, 0) is 19.6 Å². The fraction of sp³-hybridized carbons (Fsp3) is 0.364. The lowest BCUT2D eigenvalue weighted by molar-refractivity contribution is -0.127. The highest BCUT2D eigenvalue weighted by molar-refractivity contribution is 7.89. The third-order valence-electron chi connectivity index (χ3n) is 5.19. The van der Waals surface area contributed by atoms with Gasteiger partial charge in [0.05, 0.1) is 23.4 Å². The average Bonchev–Trinajstić information content (AvgIpc) is 2.82. The number of para-hydroxylation sites is 1. The molecule has 8 heteroatoms. The molecule has 7 nitrogen and oxygen atoms in total. The Labute approximate surface area is 177 Å². The summed E-state index contributed by atoms with van der Waals surface area (Å²) in [5.41, 5.74) is 5.80. The van der Waals surface area contributed by atoms with E-state index in [1.54, 1.807) is 19.1 Å². The van der Waals surface area contributed by atoms with E-state index in [1.165, 1.54) is 11.9 Å². The Kier molecular flexibility index (Phi) is 6.58. The van der Waals surface area contributed by atoms with Gasteiger partial charge in [0.25, 0.3) is 11.8 Å². The first-order valence-electron chi connectivity index (χ1n) is 10.1. The molecule has 2 N–H and O–H groups in total. The van der Waals surface area contributed by atoms with Gasteiger partial charge in [0, 0.05) is 5.56 Å². The van der Waals surface area contributed by atoms with Gasteiger partial charge in [0.1, 0.15) is 0 Å². The van der Waals surface area contributed by atoms with Crippen LogP contribution in [-0.4, -0.2) is 32.0 Å². The van der Waals surface area contributed by atoms with Crippen LogP contribution in [0.3, 0.4) is 0 Å². The van der Waals surface area contributed by atoms with Gasteiger partial charge < -0.3 is 0 Å². The summed E-state index contributed by atoms with van der Waals surface area (Å²) in [5.74, 6) is -1.41. The van der Waals surface area contributed by atoms with Crippen LogP contribution in [0.25, 0.3) is 11.1 Å². The van der Waals surface area contributed by atoms with Crippen molar-refractivity contribution in [3.05, 3.63) is 54.1 Å². The monoisotopic (exact) mass is 429 g/mol. The number of hydrazine groups is 1. The number of sulfonamides is 1. The van der Waals surface area contributed by atoms with E-state index in [2.05, 4.69) is 10.1 Å². The maximum Gasteiger partial charge on any atom is 0.256 e. The van der Waals surface area contributed by atoms with Crippen molar-refractivity contribution >= 4 is 27.5 Å². The van der Waals surface area contributed by atoms with Crippen molar-refractivity contribution < 1.29 is 18.0 Å². The molecule has 0 aromatic heterocycles. The lowest BCUT2D eigenvalue weighted by Gasteiger charge is -2.26. The lowest BCUT2D eigenvalue weighted by atomic mass is 9.92. The second kappa shape index (κ2) is 8.97. The van der Waals surface area contributed by atoms with Crippen LogP contribution >= 0.6 is 0 Å². The summed E-state index contributed by atoms with van der Waals surface area (Å²) < 4.78 is 26.7. The predicted octanol–water partition coefficient (Wildman–Crippen LogP) is 2.94. The van der Waals surface area contributed by atoms with Crippen molar-refractivity contribution in [2.24, 2.45) is 0 Å². The van der Waals surface area contributed by atoms with Crippen LogP contribution in [0.2, 0.25) is 0 Å². The molecule has 0 aliphatic carbocycles. The Balaban J connectivity index is 1.89. The Morgan fingerprint density at radius 1 is 1.10 bits per heavy atom. The maximum atomic E-state index is 13.2. The van der Waals surface area contributed by atoms with Crippen molar-refractivity contribution in [1.29, 1.82) is 0 Å². The van der Waals surface area contributed by atoms with Gasteiger partial charge in [-0.05, 0) is 37.5 Å². The molecule has 2 atom stereocenters. The van der Waals surface area contributed by atoms with E-state index in [9.17, 15) is 18.0 Å². The van der Waals surface area contributed by atoms with Crippen molar-refractivity contribution in [2.45, 2.75) is 45.6 Å². The van der Waals surface area contributed by atoms with Crippen LogP contribution in [0.5, 0.6) is 0 Å². The molecule has 1 unspecified atom stereocenters. The number of fused-ring (bicyclic) bond motifs is 3. The molecule has 3 rings (SSSR count). The minimum atomic E-state index is -3.58. The van der Waals surface area contributed by atoms with Gasteiger partial charge in [-0.25, -0.2) is 18.1 Å². The molecule has 1 heterocycles. The highest BCUT2D eigenvalue weighted by Crippen LogP contribution is 2.39. The smallest absolute Gasteiger partial charge is 0.256 e. The van der Waals surface area contributed by atoms with Crippen LogP contribution in [0.4, 0.5) is 5.69 Å². The summed E-state index contributed by atoms with van der Waals surface area (Å²) in [7, 11) is -3.58. The van der Waals surface area contributed by atoms with Gasteiger partial charge in [-0.3, -0.25) is 15.0 Å². The second-order valence-corrected chi connectivity index (χ2v) is 9.36. The van der Waals surface area contributed by atoms with Gasteiger partial charge in [-0.15, -0.1) is 0 Å². The van der Waals surface area contributed by atoms with Crippen LogP contribution in [0.1, 0.15) is 45.1 Å². The Bertz CT molecular complexity index is 1050. The van der Waals surface area contributed by atoms with E-state index < -0.39 is 27.9 Å². The van der Waals surface area contributed by atoms with Crippen molar-refractivity contribution in [3.63, 3.8) is 0 Å². The summed E-state index contributed by atoms with van der Waals surface area (Å²) in [6.07, 6.45) is 1.25. The number of carbonyl (C=O) groups is 2. The van der Waals surface area contributed by atoms with Gasteiger partial charge in [0.15, 0.2) is 0 Å². The zero-order chi connectivity index (χ0) is 21.9.